The maximum atomic E-state index is 11.6. The molecule has 142 valence electrons. The van der Waals surface area contributed by atoms with Crippen molar-refractivity contribution in [3.05, 3.63) is 29.8 Å². The molecule has 1 aliphatic rings. The largest absolute Gasteiger partial charge is 0.497 e. The van der Waals surface area contributed by atoms with Crippen LogP contribution in [0.1, 0.15) is 11.5 Å². The second-order valence-electron chi connectivity index (χ2n) is 6.10. The first-order chi connectivity index (χ1) is 11.3. The molecule has 1 fully saturated rings. The lowest BCUT2D eigenvalue weighted by Gasteiger charge is -2.20. The van der Waals surface area contributed by atoms with E-state index in [-0.39, 0.29) is 30.1 Å². The Bertz CT molecular complexity index is 666. The maximum absolute atomic E-state index is 11.6. The second kappa shape index (κ2) is 9.38. The summed E-state index contributed by atoms with van der Waals surface area (Å²) in [6.07, 6.45) is 1.22. The van der Waals surface area contributed by atoms with Crippen molar-refractivity contribution < 1.29 is 23.1 Å². The summed E-state index contributed by atoms with van der Waals surface area (Å²) in [5.41, 5.74) is 1.04. The fourth-order valence-electron chi connectivity index (χ4n) is 2.95. The van der Waals surface area contributed by atoms with Crippen molar-refractivity contribution in [3.8, 4) is 5.75 Å². The fraction of sp³-hybridized carbons (Fsp3) is 0.562. The summed E-state index contributed by atoms with van der Waals surface area (Å²) in [6.45, 7) is 1.07. The van der Waals surface area contributed by atoms with Gasteiger partial charge in [0.05, 0.1) is 12.9 Å². The van der Waals surface area contributed by atoms with Gasteiger partial charge in [-0.05, 0) is 17.7 Å². The summed E-state index contributed by atoms with van der Waals surface area (Å²) in [7, 11) is -1.43. The zero-order valence-electron chi connectivity index (χ0n) is 14.3. The highest BCUT2D eigenvalue weighted by atomic mass is 35.5. The van der Waals surface area contributed by atoms with E-state index in [1.54, 1.807) is 7.11 Å². The number of nitrogens with one attached hydrogen (secondary N) is 1. The van der Waals surface area contributed by atoms with E-state index in [2.05, 4.69) is 5.32 Å². The van der Waals surface area contributed by atoms with E-state index in [1.165, 1.54) is 6.26 Å². The van der Waals surface area contributed by atoms with Gasteiger partial charge in [-0.1, -0.05) is 12.1 Å². The lowest BCUT2D eigenvalue weighted by atomic mass is 9.94. The summed E-state index contributed by atoms with van der Waals surface area (Å²) in [4.78, 5) is 13.6. The van der Waals surface area contributed by atoms with Crippen molar-refractivity contribution in [3.63, 3.8) is 0 Å². The number of likely N-dealkylation sites (tertiary alicyclic amines) is 1. The van der Waals surface area contributed by atoms with E-state index in [0.717, 1.165) is 11.3 Å². The van der Waals surface area contributed by atoms with Crippen LogP contribution in [0.2, 0.25) is 0 Å². The van der Waals surface area contributed by atoms with Gasteiger partial charge in [-0.15, -0.1) is 12.4 Å². The predicted molar refractivity (Wildman–Crippen MR) is 98.2 cm³/mol. The van der Waals surface area contributed by atoms with Crippen molar-refractivity contribution in [1.82, 2.24) is 10.2 Å². The number of hydrogen-bond acceptors (Lipinski definition) is 6. The van der Waals surface area contributed by atoms with Gasteiger partial charge in [0.25, 0.3) is 0 Å². The molecule has 0 spiro atoms. The smallest absolute Gasteiger partial charge is 0.245 e. The average Bonchev–Trinajstić information content (AvgIpc) is 2.95. The molecule has 2 rings (SSSR count). The molecule has 1 amide bonds. The molecule has 1 aromatic carbocycles. The molecule has 2 N–H and O–H groups in total. The lowest BCUT2D eigenvalue weighted by Crippen LogP contribution is -2.41. The van der Waals surface area contributed by atoms with Crippen molar-refractivity contribution in [2.45, 2.75) is 12.0 Å². The van der Waals surface area contributed by atoms with Gasteiger partial charge in [-0.3, -0.25) is 9.69 Å². The van der Waals surface area contributed by atoms with Crippen LogP contribution >= 0.6 is 12.4 Å². The number of benzene rings is 1. The third kappa shape index (κ3) is 6.47. The molecule has 1 saturated heterocycles. The molecule has 0 bridgehead atoms. The number of nitrogens with zero attached hydrogens (tertiary/aromatic N) is 1. The number of ether oxygens (including phenoxy) is 1. The molecule has 0 aromatic heterocycles. The Morgan fingerprint density at radius 3 is 2.48 bits per heavy atom. The van der Waals surface area contributed by atoms with Crippen LogP contribution in [0, 0.1) is 0 Å². The number of rotatable bonds is 7. The van der Waals surface area contributed by atoms with Gasteiger partial charge in [-0.25, -0.2) is 8.42 Å². The molecule has 0 unspecified atom stereocenters. The summed E-state index contributed by atoms with van der Waals surface area (Å²) < 4.78 is 27.9. The van der Waals surface area contributed by atoms with Crippen LogP contribution in [0.25, 0.3) is 0 Å². The minimum Gasteiger partial charge on any atom is -0.497 e. The van der Waals surface area contributed by atoms with Gasteiger partial charge in [0.15, 0.2) is 0 Å². The number of methoxy groups -OCH3 is 1. The molecule has 25 heavy (non-hydrogen) atoms. The number of carbonyl (C=O) groups excluding carboxylic acids is 1. The summed E-state index contributed by atoms with van der Waals surface area (Å²) in [6, 6.07) is 7.44. The molecular formula is C16H25ClN2O5S. The van der Waals surface area contributed by atoms with E-state index in [4.69, 9.17) is 9.84 Å². The summed E-state index contributed by atoms with van der Waals surface area (Å²) in [5.74, 6) is 0.444. The van der Waals surface area contributed by atoms with Crippen molar-refractivity contribution in [2.75, 3.05) is 45.4 Å². The van der Waals surface area contributed by atoms with Crippen LogP contribution in [0.15, 0.2) is 24.3 Å². The molecule has 1 heterocycles. The van der Waals surface area contributed by atoms with E-state index in [1.807, 2.05) is 29.2 Å². The van der Waals surface area contributed by atoms with Gasteiger partial charge in [0.1, 0.15) is 22.2 Å². The van der Waals surface area contributed by atoms with Crippen molar-refractivity contribution in [1.29, 1.82) is 0 Å². The number of halogens is 1. The SMILES string of the molecule is COc1ccc([C@H]2CN(CCS(C)(=O)=O)C[C@@H]2NC(=O)CO)cc1.Cl. The lowest BCUT2D eigenvalue weighted by molar-refractivity contribution is -0.124. The number of hydrogen-bond donors (Lipinski definition) is 2. The average molecular weight is 393 g/mol. The van der Waals surface area contributed by atoms with Gasteiger partial charge in [0.2, 0.25) is 5.91 Å². The van der Waals surface area contributed by atoms with Gasteiger partial charge in [-0.2, -0.15) is 0 Å². The standard InChI is InChI=1S/C16H24N2O5S.ClH/c1-23-13-5-3-12(4-6-13)14-9-18(7-8-24(2,21)22)10-15(14)17-16(20)11-19;/h3-6,14-15,19H,7-11H2,1-2H3,(H,17,20);1H/t14-,15+;/m1./s1. The Hall–Kier alpha value is -1.35. The topological polar surface area (TPSA) is 95.9 Å². The number of aliphatic hydroxyl groups is 1. The Morgan fingerprint density at radius 1 is 1.32 bits per heavy atom. The second-order valence-corrected chi connectivity index (χ2v) is 8.36. The van der Waals surface area contributed by atoms with Crippen molar-refractivity contribution in [2.24, 2.45) is 0 Å². The molecule has 2 atom stereocenters. The van der Waals surface area contributed by atoms with Crippen LogP contribution < -0.4 is 10.1 Å². The highest BCUT2D eigenvalue weighted by molar-refractivity contribution is 7.90. The van der Waals surface area contributed by atoms with Crippen LogP contribution in [-0.2, 0) is 14.6 Å². The minimum atomic E-state index is -3.03. The molecule has 0 saturated carbocycles. The van der Waals surface area contributed by atoms with Crippen molar-refractivity contribution >= 4 is 28.2 Å². The Kier molecular flexibility index (Phi) is 8.14. The Balaban J connectivity index is 0.00000312. The Morgan fingerprint density at radius 2 is 1.96 bits per heavy atom. The van der Waals surface area contributed by atoms with Gasteiger partial charge < -0.3 is 15.2 Å². The number of amides is 1. The van der Waals surface area contributed by atoms with Crippen LogP contribution in [0.4, 0.5) is 0 Å². The monoisotopic (exact) mass is 392 g/mol. The number of sulfone groups is 1. The van der Waals surface area contributed by atoms with Crippen LogP contribution in [0.3, 0.4) is 0 Å². The third-order valence-corrected chi connectivity index (χ3v) is 5.13. The third-order valence-electron chi connectivity index (χ3n) is 4.21. The molecule has 1 aliphatic heterocycles. The number of aliphatic hydroxyl groups excluding tert-OH is 1. The number of carbonyl (C=O) groups is 1. The van der Waals surface area contributed by atoms with Crippen LogP contribution in [0.5, 0.6) is 5.75 Å². The molecular weight excluding hydrogens is 368 g/mol. The first-order valence-corrected chi connectivity index (χ1v) is 9.82. The summed E-state index contributed by atoms with van der Waals surface area (Å²) in [5, 5.41) is 11.8. The van der Waals surface area contributed by atoms with E-state index < -0.39 is 22.4 Å². The first kappa shape index (κ1) is 21.7. The quantitative estimate of drug-likeness (QED) is 0.680. The fourth-order valence-corrected chi connectivity index (χ4v) is 3.54. The molecule has 9 heteroatoms. The Labute approximate surface area is 154 Å². The van der Waals surface area contributed by atoms with Gasteiger partial charge in [0, 0.05) is 37.8 Å². The zero-order valence-corrected chi connectivity index (χ0v) is 16.0. The highest BCUT2D eigenvalue weighted by Gasteiger charge is 2.34. The molecule has 0 radical (unpaired) electrons. The van der Waals surface area contributed by atoms with Gasteiger partial charge >= 0.3 is 0 Å². The van der Waals surface area contributed by atoms with E-state index >= 15 is 0 Å². The van der Waals surface area contributed by atoms with Crippen LogP contribution in [-0.4, -0.2) is 75.7 Å². The molecule has 7 nitrogen and oxygen atoms in total. The molecule has 0 aliphatic carbocycles. The molecule has 1 aromatic rings. The van der Waals surface area contributed by atoms with E-state index in [9.17, 15) is 13.2 Å². The maximum Gasteiger partial charge on any atom is 0.245 e. The highest BCUT2D eigenvalue weighted by Crippen LogP contribution is 2.29. The minimum absolute atomic E-state index is 0. The predicted octanol–water partition coefficient (Wildman–Crippen LogP) is 0.0379. The normalized spacial score (nSPS) is 20.8. The zero-order chi connectivity index (χ0) is 17.7. The first-order valence-electron chi connectivity index (χ1n) is 7.76. The van der Waals surface area contributed by atoms with E-state index in [0.29, 0.717) is 19.6 Å². The summed E-state index contributed by atoms with van der Waals surface area (Å²) >= 11 is 0.